The topological polar surface area (TPSA) is 131 Å². The first-order valence-electron chi connectivity index (χ1n) is 7.25. The van der Waals surface area contributed by atoms with Crippen molar-refractivity contribution in [3.8, 4) is 39.3 Å². The third kappa shape index (κ3) is 2.93. The van der Waals surface area contributed by atoms with E-state index in [9.17, 15) is 10.4 Å². The van der Waals surface area contributed by atoms with Crippen LogP contribution in [0.4, 0.5) is 10.9 Å². The third-order valence-corrected chi connectivity index (χ3v) is 4.70. The van der Waals surface area contributed by atoms with E-state index in [2.05, 4.69) is 16.0 Å². The molecule has 0 saturated heterocycles. The minimum absolute atomic E-state index is 0.0121. The number of nitrogens with two attached hydrogens (primary N) is 2. The van der Waals surface area contributed by atoms with Gasteiger partial charge in [-0.15, -0.1) is 0 Å². The van der Waals surface area contributed by atoms with E-state index in [-0.39, 0.29) is 17.1 Å². The SMILES string of the molecule is COc1cc(-c2cc(-c3sc(N)nc3C)nc(N)c2C#N)ccc1O. The van der Waals surface area contributed by atoms with Crippen LogP contribution in [0.15, 0.2) is 24.3 Å². The van der Waals surface area contributed by atoms with Crippen LogP contribution >= 0.6 is 11.3 Å². The molecule has 8 heteroatoms. The number of aryl methyl sites for hydroxylation is 1. The zero-order valence-corrected chi connectivity index (χ0v) is 14.4. The van der Waals surface area contributed by atoms with E-state index in [4.69, 9.17) is 16.2 Å². The number of hydrogen-bond donors (Lipinski definition) is 3. The van der Waals surface area contributed by atoms with Gasteiger partial charge in [-0.05, 0) is 30.7 Å². The van der Waals surface area contributed by atoms with Gasteiger partial charge in [0.15, 0.2) is 16.6 Å². The lowest BCUT2D eigenvalue weighted by Crippen LogP contribution is -2.00. The van der Waals surface area contributed by atoms with Gasteiger partial charge in [-0.3, -0.25) is 0 Å². The normalized spacial score (nSPS) is 10.4. The molecule has 0 aliphatic carbocycles. The number of rotatable bonds is 3. The van der Waals surface area contributed by atoms with Crippen LogP contribution in [0.1, 0.15) is 11.3 Å². The Kier molecular flexibility index (Phi) is 4.17. The highest BCUT2D eigenvalue weighted by Crippen LogP contribution is 2.38. The second-order valence-electron chi connectivity index (χ2n) is 5.28. The molecule has 0 radical (unpaired) electrons. The molecule has 3 aromatic rings. The fourth-order valence-corrected chi connectivity index (χ4v) is 3.32. The van der Waals surface area contributed by atoms with E-state index >= 15 is 0 Å². The molecular formula is C17H15N5O2S. The number of nitrogen functional groups attached to an aromatic ring is 2. The maximum Gasteiger partial charge on any atom is 0.180 e. The van der Waals surface area contributed by atoms with Gasteiger partial charge in [0.05, 0.1) is 23.4 Å². The zero-order valence-electron chi connectivity index (χ0n) is 13.6. The number of thiazole rings is 1. The van der Waals surface area contributed by atoms with Gasteiger partial charge >= 0.3 is 0 Å². The predicted octanol–water partition coefficient (Wildman–Crippen LogP) is 2.93. The minimum atomic E-state index is 0.0121. The maximum atomic E-state index is 9.79. The van der Waals surface area contributed by atoms with Gasteiger partial charge in [0, 0.05) is 5.56 Å². The molecule has 0 amide bonds. The Labute approximate surface area is 148 Å². The molecule has 0 spiro atoms. The summed E-state index contributed by atoms with van der Waals surface area (Å²) in [7, 11) is 1.46. The maximum absolute atomic E-state index is 9.79. The summed E-state index contributed by atoms with van der Waals surface area (Å²) >= 11 is 1.30. The van der Waals surface area contributed by atoms with Crippen LogP contribution < -0.4 is 16.2 Å². The van der Waals surface area contributed by atoms with Crippen molar-refractivity contribution in [2.75, 3.05) is 18.6 Å². The summed E-state index contributed by atoms with van der Waals surface area (Å²) < 4.78 is 5.14. The number of phenols is 1. The zero-order chi connectivity index (χ0) is 18.1. The van der Waals surface area contributed by atoms with E-state index < -0.39 is 0 Å². The number of aromatic hydroxyl groups is 1. The molecule has 0 atom stereocenters. The van der Waals surface area contributed by atoms with Crippen molar-refractivity contribution in [2.24, 2.45) is 0 Å². The Bertz CT molecular complexity index is 1010. The number of nitrogens with zero attached hydrogens (tertiary/aromatic N) is 3. The molecule has 2 aromatic heterocycles. The van der Waals surface area contributed by atoms with Crippen LogP contribution in [-0.2, 0) is 0 Å². The van der Waals surface area contributed by atoms with Crippen molar-refractivity contribution in [1.82, 2.24) is 9.97 Å². The predicted molar refractivity (Wildman–Crippen MR) is 97.3 cm³/mol. The summed E-state index contributed by atoms with van der Waals surface area (Å²) in [5.74, 6) is 0.433. The first-order valence-corrected chi connectivity index (χ1v) is 8.07. The monoisotopic (exact) mass is 353 g/mol. The van der Waals surface area contributed by atoms with Crippen LogP contribution in [0.25, 0.3) is 21.7 Å². The van der Waals surface area contributed by atoms with Gasteiger partial charge in [-0.25, -0.2) is 9.97 Å². The van der Waals surface area contributed by atoms with E-state index in [0.29, 0.717) is 27.7 Å². The highest BCUT2D eigenvalue weighted by Gasteiger charge is 2.17. The lowest BCUT2D eigenvalue weighted by atomic mass is 9.99. The van der Waals surface area contributed by atoms with Gasteiger partial charge in [0.2, 0.25) is 0 Å². The highest BCUT2D eigenvalue weighted by atomic mass is 32.1. The van der Waals surface area contributed by atoms with E-state index in [1.54, 1.807) is 18.2 Å². The van der Waals surface area contributed by atoms with Crippen LogP contribution in [0.2, 0.25) is 0 Å². The van der Waals surface area contributed by atoms with Gasteiger partial charge in [0.1, 0.15) is 17.5 Å². The smallest absolute Gasteiger partial charge is 0.180 e. The molecule has 126 valence electrons. The fourth-order valence-electron chi connectivity index (χ4n) is 2.53. The summed E-state index contributed by atoms with van der Waals surface area (Å²) in [6.07, 6.45) is 0. The van der Waals surface area contributed by atoms with Gasteiger partial charge in [-0.2, -0.15) is 5.26 Å². The second-order valence-corrected chi connectivity index (χ2v) is 6.31. The van der Waals surface area contributed by atoms with Crippen molar-refractivity contribution in [3.05, 3.63) is 35.5 Å². The van der Waals surface area contributed by atoms with Crippen LogP contribution in [0, 0.1) is 18.3 Å². The Morgan fingerprint density at radius 3 is 2.60 bits per heavy atom. The first kappa shape index (κ1) is 16.5. The van der Waals surface area contributed by atoms with E-state index in [0.717, 1.165) is 10.6 Å². The summed E-state index contributed by atoms with van der Waals surface area (Å²) in [4.78, 5) is 9.31. The summed E-state index contributed by atoms with van der Waals surface area (Å²) in [6, 6.07) is 8.68. The third-order valence-electron chi connectivity index (χ3n) is 3.70. The molecule has 3 rings (SSSR count). The molecule has 0 saturated carbocycles. The number of benzene rings is 1. The largest absolute Gasteiger partial charge is 0.504 e. The number of methoxy groups -OCH3 is 1. The molecule has 0 bridgehead atoms. The number of anilines is 2. The Balaban J connectivity index is 2.25. The Hall–Kier alpha value is -3.31. The molecule has 25 heavy (non-hydrogen) atoms. The van der Waals surface area contributed by atoms with Crippen LogP contribution in [-0.4, -0.2) is 22.2 Å². The molecule has 2 heterocycles. The lowest BCUT2D eigenvalue weighted by Gasteiger charge is -2.11. The molecule has 0 unspecified atom stereocenters. The minimum Gasteiger partial charge on any atom is -0.504 e. The second kappa shape index (κ2) is 6.30. The van der Waals surface area contributed by atoms with E-state index in [1.165, 1.54) is 24.5 Å². The number of nitriles is 1. The molecule has 0 fully saturated rings. The summed E-state index contributed by atoms with van der Waals surface area (Å²) in [5, 5.41) is 19.7. The molecular weight excluding hydrogens is 338 g/mol. The van der Waals surface area contributed by atoms with Crippen LogP contribution in [0.5, 0.6) is 11.5 Å². The van der Waals surface area contributed by atoms with Crippen molar-refractivity contribution in [2.45, 2.75) is 6.92 Å². The van der Waals surface area contributed by atoms with Crippen molar-refractivity contribution in [3.63, 3.8) is 0 Å². The van der Waals surface area contributed by atoms with Gasteiger partial charge in [-0.1, -0.05) is 17.4 Å². The fraction of sp³-hybridized carbons (Fsp3) is 0.118. The number of pyridine rings is 1. The van der Waals surface area contributed by atoms with Gasteiger partial charge in [0.25, 0.3) is 0 Å². The first-order chi connectivity index (χ1) is 11.9. The number of phenolic OH excluding ortho intramolecular Hbond substituents is 1. The van der Waals surface area contributed by atoms with Gasteiger partial charge < -0.3 is 21.3 Å². The van der Waals surface area contributed by atoms with Crippen molar-refractivity contribution >= 4 is 22.3 Å². The van der Waals surface area contributed by atoms with Crippen LogP contribution in [0.3, 0.4) is 0 Å². The number of hydrogen-bond acceptors (Lipinski definition) is 8. The molecule has 0 aliphatic rings. The average Bonchev–Trinajstić information content (AvgIpc) is 2.93. The Morgan fingerprint density at radius 2 is 2.00 bits per heavy atom. The van der Waals surface area contributed by atoms with Crippen molar-refractivity contribution < 1.29 is 9.84 Å². The molecule has 1 aromatic carbocycles. The standard InChI is InChI=1S/C17H15N5O2S/c1-8-15(25-17(20)21-8)12-6-10(11(7-18)16(19)22-12)9-3-4-13(23)14(5-9)24-2/h3-6,23H,1-2H3,(H2,19,22)(H2,20,21). The quantitative estimate of drug-likeness (QED) is 0.659. The Morgan fingerprint density at radius 1 is 1.24 bits per heavy atom. The average molecular weight is 353 g/mol. The molecule has 5 N–H and O–H groups in total. The summed E-state index contributed by atoms with van der Waals surface area (Å²) in [5.41, 5.74) is 14.6. The number of ether oxygens (including phenoxy) is 1. The molecule has 7 nitrogen and oxygen atoms in total. The lowest BCUT2D eigenvalue weighted by molar-refractivity contribution is 0.373. The molecule has 0 aliphatic heterocycles. The van der Waals surface area contributed by atoms with E-state index in [1.807, 2.05) is 6.92 Å². The van der Waals surface area contributed by atoms with Crippen molar-refractivity contribution in [1.29, 1.82) is 5.26 Å². The summed E-state index contributed by atoms with van der Waals surface area (Å²) in [6.45, 7) is 1.83. The highest BCUT2D eigenvalue weighted by molar-refractivity contribution is 7.18. The number of aromatic nitrogens is 2.